The highest BCUT2D eigenvalue weighted by atomic mass is 32.1. The van der Waals surface area contributed by atoms with E-state index in [2.05, 4.69) is 11.4 Å². The molecule has 4 heteroatoms. The molecule has 1 aromatic carbocycles. The molecule has 2 aromatic rings. The summed E-state index contributed by atoms with van der Waals surface area (Å²) in [5.41, 5.74) is 0.107. The average Bonchev–Trinajstić information content (AvgIpc) is 2.81. The summed E-state index contributed by atoms with van der Waals surface area (Å²) >= 11 is 1.69. The van der Waals surface area contributed by atoms with E-state index in [0.29, 0.717) is 0 Å². The molecule has 0 amide bonds. The van der Waals surface area contributed by atoms with Crippen LogP contribution in [0.4, 0.5) is 8.78 Å². The molecule has 0 saturated carbocycles. The van der Waals surface area contributed by atoms with Crippen molar-refractivity contribution in [1.82, 2.24) is 5.32 Å². The largest absolute Gasteiger partial charge is 0.310 e. The van der Waals surface area contributed by atoms with Crippen LogP contribution in [0.3, 0.4) is 0 Å². The van der Waals surface area contributed by atoms with E-state index in [1.165, 1.54) is 23.1 Å². The van der Waals surface area contributed by atoms with E-state index < -0.39 is 11.6 Å². The number of nitrogens with one attached hydrogen (secondary N) is 1. The van der Waals surface area contributed by atoms with Gasteiger partial charge in [-0.15, -0.1) is 11.3 Å². The molecule has 1 heterocycles. The maximum atomic E-state index is 13.4. The number of hydrogen-bond acceptors (Lipinski definition) is 2. The van der Waals surface area contributed by atoms with Crippen LogP contribution >= 0.6 is 11.3 Å². The summed E-state index contributed by atoms with van der Waals surface area (Å²) in [7, 11) is 0. The Morgan fingerprint density at radius 3 is 2.50 bits per heavy atom. The SMILES string of the molecule is CC(Cc1cccs1)NCc1c(F)cccc1F. The van der Waals surface area contributed by atoms with Crippen molar-refractivity contribution >= 4 is 11.3 Å². The summed E-state index contributed by atoms with van der Waals surface area (Å²) in [5, 5.41) is 5.17. The molecule has 1 unspecified atom stereocenters. The van der Waals surface area contributed by atoms with Crippen LogP contribution in [0.2, 0.25) is 0 Å². The van der Waals surface area contributed by atoms with Crippen molar-refractivity contribution in [2.75, 3.05) is 0 Å². The lowest BCUT2D eigenvalue weighted by atomic mass is 10.1. The molecule has 1 atom stereocenters. The first kappa shape index (κ1) is 13.2. The molecule has 0 spiro atoms. The molecule has 0 bridgehead atoms. The van der Waals surface area contributed by atoms with Crippen molar-refractivity contribution in [3.63, 3.8) is 0 Å². The third-order valence-corrected chi connectivity index (χ3v) is 3.68. The molecule has 1 N–H and O–H groups in total. The van der Waals surface area contributed by atoms with Gasteiger partial charge in [-0.1, -0.05) is 12.1 Å². The van der Waals surface area contributed by atoms with Crippen LogP contribution in [0.5, 0.6) is 0 Å². The van der Waals surface area contributed by atoms with Gasteiger partial charge in [0.25, 0.3) is 0 Å². The molecule has 0 radical (unpaired) electrons. The van der Waals surface area contributed by atoms with Crippen LogP contribution in [-0.2, 0) is 13.0 Å². The van der Waals surface area contributed by atoms with Crippen LogP contribution in [0.15, 0.2) is 35.7 Å². The van der Waals surface area contributed by atoms with Crippen LogP contribution in [-0.4, -0.2) is 6.04 Å². The van der Waals surface area contributed by atoms with Gasteiger partial charge in [-0.05, 0) is 36.9 Å². The number of hydrogen-bond donors (Lipinski definition) is 1. The summed E-state index contributed by atoms with van der Waals surface area (Å²) < 4.78 is 26.8. The third kappa shape index (κ3) is 3.37. The molecular formula is C14H15F2NS. The zero-order valence-electron chi connectivity index (χ0n) is 10.1. The van der Waals surface area contributed by atoms with Gasteiger partial charge in [-0.2, -0.15) is 0 Å². The topological polar surface area (TPSA) is 12.0 Å². The van der Waals surface area contributed by atoms with Gasteiger partial charge in [0.15, 0.2) is 0 Å². The predicted molar refractivity (Wildman–Crippen MR) is 70.7 cm³/mol. The number of rotatable bonds is 5. The molecule has 2 rings (SSSR count). The lowest BCUT2D eigenvalue weighted by Crippen LogP contribution is -2.28. The Hall–Kier alpha value is -1.26. The van der Waals surface area contributed by atoms with E-state index in [0.717, 1.165) is 6.42 Å². The molecule has 0 aliphatic heterocycles. The molecule has 1 nitrogen and oxygen atoms in total. The van der Waals surface area contributed by atoms with Gasteiger partial charge in [0.1, 0.15) is 11.6 Å². The monoisotopic (exact) mass is 267 g/mol. The molecule has 18 heavy (non-hydrogen) atoms. The lowest BCUT2D eigenvalue weighted by molar-refractivity contribution is 0.499. The van der Waals surface area contributed by atoms with Gasteiger partial charge in [-0.25, -0.2) is 8.78 Å². The van der Waals surface area contributed by atoms with E-state index >= 15 is 0 Å². The number of benzene rings is 1. The quantitative estimate of drug-likeness (QED) is 0.870. The second-order valence-corrected chi connectivity index (χ2v) is 5.30. The number of thiophene rings is 1. The van der Waals surface area contributed by atoms with Crippen molar-refractivity contribution in [1.29, 1.82) is 0 Å². The Labute approximate surface area is 109 Å². The Morgan fingerprint density at radius 2 is 1.89 bits per heavy atom. The zero-order chi connectivity index (χ0) is 13.0. The molecule has 0 aliphatic carbocycles. The van der Waals surface area contributed by atoms with Crippen molar-refractivity contribution in [3.8, 4) is 0 Å². The maximum Gasteiger partial charge on any atom is 0.130 e. The fraction of sp³-hybridized carbons (Fsp3) is 0.286. The van der Waals surface area contributed by atoms with Crippen LogP contribution < -0.4 is 5.32 Å². The predicted octanol–water partition coefficient (Wildman–Crippen LogP) is 3.75. The first-order valence-corrected chi connectivity index (χ1v) is 6.73. The van der Waals surface area contributed by atoms with E-state index in [1.807, 2.05) is 18.4 Å². The minimum absolute atomic E-state index is 0.107. The smallest absolute Gasteiger partial charge is 0.130 e. The van der Waals surface area contributed by atoms with Crippen molar-refractivity contribution in [2.24, 2.45) is 0 Å². The second kappa shape index (κ2) is 6.07. The van der Waals surface area contributed by atoms with E-state index in [9.17, 15) is 8.78 Å². The Balaban J connectivity index is 1.91. The third-order valence-electron chi connectivity index (χ3n) is 2.78. The zero-order valence-corrected chi connectivity index (χ0v) is 10.9. The summed E-state index contributed by atoms with van der Waals surface area (Å²) in [6.45, 7) is 2.23. The van der Waals surface area contributed by atoms with Gasteiger partial charge in [0.2, 0.25) is 0 Å². The van der Waals surface area contributed by atoms with Gasteiger partial charge >= 0.3 is 0 Å². The Bertz CT molecular complexity index is 476. The number of halogens is 2. The Morgan fingerprint density at radius 1 is 1.17 bits per heavy atom. The van der Waals surface area contributed by atoms with Gasteiger partial charge in [-0.3, -0.25) is 0 Å². The maximum absolute atomic E-state index is 13.4. The summed E-state index contributed by atoms with van der Waals surface area (Å²) in [6, 6.07) is 8.19. The fourth-order valence-electron chi connectivity index (χ4n) is 1.78. The van der Waals surface area contributed by atoms with Crippen LogP contribution in [0.25, 0.3) is 0 Å². The minimum atomic E-state index is -0.495. The standard InChI is InChI=1S/C14H15F2NS/c1-10(8-11-4-3-7-18-11)17-9-12-13(15)5-2-6-14(12)16/h2-7,10,17H,8-9H2,1H3. The van der Waals surface area contributed by atoms with Gasteiger partial charge in [0.05, 0.1) is 0 Å². The van der Waals surface area contributed by atoms with Crippen molar-refractivity contribution in [2.45, 2.75) is 25.9 Å². The molecule has 0 fully saturated rings. The molecular weight excluding hydrogens is 252 g/mol. The first-order chi connectivity index (χ1) is 8.66. The van der Waals surface area contributed by atoms with Gasteiger partial charge < -0.3 is 5.32 Å². The first-order valence-electron chi connectivity index (χ1n) is 5.85. The normalized spacial score (nSPS) is 12.6. The highest BCUT2D eigenvalue weighted by Gasteiger charge is 2.10. The molecule has 1 aromatic heterocycles. The van der Waals surface area contributed by atoms with Crippen molar-refractivity contribution in [3.05, 3.63) is 57.8 Å². The average molecular weight is 267 g/mol. The second-order valence-electron chi connectivity index (χ2n) is 4.27. The summed E-state index contributed by atoms with van der Waals surface area (Å²) in [4.78, 5) is 1.27. The van der Waals surface area contributed by atoms with E-state index in [4.69, 9.17) is 0 Å². The van der Waals surface area contributed by atoms with E-state index in [-0.39, 0.29) is 18.2 Å². The minimum Gasteiger partial charge on any atom is -0.310 e. The summed E-state index contributed by atoms with van der Waals surface area (Å²) in [5.74, 6) is -0.989. The van der Waals surface area contributed by atoms with E-state index in [1.54, 1.807) is 11.3 Å². The fourth-order valence-corrected chi connectivity index (χ4v) is 2.62. The molecule has 0 saturated heterocycles. The highest BCUT2D eigenvalue weighted by molar-refractivity contribution is 7.09. The van der Waals surface area contributed by atoms with Crippen molar-refractivity contribution < 1.29 is 8.78 Å². The lowest BCUT2D eigenvalue weighted by Gasteiger charge is -2.13. The molecule has 96 valence electrons. The molecule has 0 aliphatic rings. The van der Waals surface area contributed by atoms with Crippen LogP contribution in [0.1, 0.15) is 17.4 Å². The highest BCUT2D eigenvalue weighted by Crippen LogP contribution is 2.14. The van der Waals surface area contributed by atoms with Gasteiger partial charge in [0, 0.05) is 23.0 Å². The van der Waals surface area contributed by atoms with Crippen LogP contribution in [0, 0.1) is 11.6 Å². The Kier molecular flexibility index (Phi) is 4.44. The summed E-state index contributed by atoms with van der Waals surface area (Å²) in [6.07, 6.45) is 0.869.